The van der Waals surface area contributed by atoms with Crippen molar-refractivity contribution in [3.05, 3.63) is 35.9 Å². The average molecular weight is 490 g/mol. The number of benzene rings is 1. The van der Waals surface area contributed by atoms with Crippen LogP contribution in [0.3, 0.4) is 0 Å². The summed E-state index contributed by atoms with van der Waals surface area (Å²) in [7, 11) is 3.35. The van der Waals surface area contributed by atoms with Crippen molar-refractivity contribution in [2.75, 3.05) is 53.6 Å². The summed E-state index contributed by atoms with van der Waals surface area (Å²) in [6.07, 6.45) is 1.07. The lowest BCUT2D eigenvalue weighted by Crippen LogP contribution is -2.45. The van der Waals surface area contributed by atoms with Gasteiger partial charge in [0, 0.05) is 39.7 Å². The quantitative estimate of drug-likeness (QED) is 0.238. The number of carbonyl (C=O) groups excluding carboxylic acids is 1. The molecule has 1 aromatic carbocycles. The van der Waals surface area contributed by atoms with Gasteiger partial charge in [-0.2, -0.15) is 0 Å². The summed E-state index contributed by atoms with van der Waals surface area (Å²) >= 11 is 0. The molecule has 7 nitrogen and oxygen atoms in total. The third-order valence-corrected chi connectivity index (χ3v) is 4.30. The van der Waals surface area contributed by atoms with E-state index in [9.17, 15) is 4.79 Å². The summed E-state index contributed by atoms with van der Waals surface area (Å²) in [4.78, 5) is 18.2. The van der Waals surface area contributed by atoms with E-state index in [4.69, 9.17) is 9.47 Å². The molecule has 1 atom stereocenters. The van der Waals surface area contributed by atoms with Crippen LogP contribution in [0.15, 0.2) is 35.3 Å². The number of nitrogens with one attached hydrogen (secondary N) is 2. The van der Waals surface area contributed by atoms with Gasteiger partial charge in [0.2, 0.25) is 5.91 Å². The first-order valence-electron chi connectivity index (χ1n) is 9.05. The van der Waals surface area contributed by atoms with Crippen LogP contribution in [-0.4, -0.2) is 70.3 Å². The second-order valence-corrected chi connectivity index (χ2v) is 6.34. The maximum Gasteiger partial charge on any atom is 0.239 e. The molecule has 0 spiro atoms. The van der Waals surface area contributed by atoms with Gasteiger partial charge in [0.1, 0.15) is 0 Å². The fraction of sp³-hybridized carbons (Fsp3) is 0.579. The molecule has 1 unspecified atom stereocenters. The van der Waals surface area contributed by atoms with Crippen molar-refractivity contribution in [2.45, 2.75) is 13.0 Å². The Morgan fingerprint density at radius 1 is 1.30 bits per heavy atom. The van der Waals surface area contributed by atoms with Crippen molar-refractivity contribution in [3.63, 3.8) is 0 Å². The number of halogens is 1. The molecule has 1 aliphatic rings. The molecule has 1 fully saturated rings. The maximum absolute atomic E-state index is 11.8. The third-order valence-electron chi connectivity index (χ3n) is 4.30. The first-order chi connectivity index (χ1) is 12.7. The average Bonchev–Trinajstić information content (AvgIpc) is 3.12. The van der Waals surface area contributed by atoms with Crippen molar-refractivity contribution in [3.8, 4) is 0 Å². The number of aliphatic imine (C=N–C) groups is 1. The van der Waals surface area contributed by atoms with Gasteiger partial charge in [0.25, 0.3) is 0 Å². The molecular formula is C19H31IN4O3. The number of ether oxygens (including phenoxy) is 2. The zero-order chi connectivity index (χ0) is 18.6. The molecule has 2 rings (SSSR count). The topological polar surface area (TPSA) is 75.2 Å². The van der Waals surface area contributed by atoms with Crippen molar-refractivity contribution in [1.29, 1.82) is 0 Å². The van der Waals surface area contributed by atoms with Gasteiger partial charge in [0.05, 0.1) is 26.4 Å². The van der Waals surface area contributed by atoms with Gasteiger partial charge >= 0.3 is 0 Å². The Morgan fingerprint density at radius 3 is 2.78 bits per heavy atom. The molecule has 0 aliphatic carbocycles. The van der Waals surface area contributed by atoms with Crippen LogP contribution in [-0.2, 0) is 20.9 Å². The fourth-order valence-corrected chi connectivity index (χ4v) is 2.93. The molecule has 0 bridgehead atoms. The molecule has 27 heavy (non-hydrogen) atoms. The van der Waals surface area contributed by atoms with Crippen LogP contribution in [0.25, 0.3) is 0 Å². The Kier molecular flexibility index (Phi) is 12.0. The number of rotatable bonds is 9. The Balaban J connectivity index is 0.00000364. The van der Waals surface area contributed by atoms with Gasteiger partial charge < -0.3 is 25.0 Å². The van der Waals surface area contributed by atoms with Crippen molar-refractivity contribution < 1.29 is 14.3 Å². The highest BCUT2D eigenvalue weighted by Crippen LogP contribution is 2.17. The van der Waals surface area contributed by atoms with E-state index in [2.05, 4.69) is 32.7 Å². The molecule has 8 heteroatoms. The zero-order valence-corrected chi connectivity index (χ0v) is 18.5. The van der Waals surface area contributed by atoms with Crippen molar-refractivity contribution >= 4 is 35.8 Å². The Hall–Kier alpha value is -1.39. The molecule has 1 aromatic rings. The standard InChI is InChI=1S/C19H30N4O3.HI/c1-20-19(22-12-18(24)21-9-11-25-2)23-10-8-17(13-23)15-26-14-16-6-4-3-5-7-16;/h3-7,17H,8-15H2,1-2H3,(H,20,22)(H,21,24);1H. The number of guanidine groups is 1. The van der Waals surface area contributed by atoms with Gasteiger partial charge in [-0.25, -0.2) is 0 Å². The van der Waals surface area contributed by atoms with Crippen LogP contribution in [0.4, 0.5) is 0 Å². The molecule has 152 valence electrons. The minimum atomic E-state index is -0.0647. The number of amides is 1. The van der Waals surface area contributed by atoms with Crippen LogP contribution >= 0.6 is 24.0 Å². The van der Waals surface area contributed by atoms with E-state index in [0.717, 1.165) is 32.1 Å². The Labute approximate surface area is 178 Å². The molecule has 0 saturated carbocycles. The number of methoxy groups -OCH3 is 1. The number of hydrogen-bond donors (Lipinski definition) is 2. The zero-order valence-electron chi connectivity index (χ0n) is 16.1. The van der Waals surface area contributed by atoms with Crippen LogP contribution in [0, 0.1) is 5.92 Å². The summed E-state index contributed by atoms with van der Waals surface area (Å²) in [5, 5.41) is 5.91. The molecule has 1 heterocycles. The van der Waals surface area contributed by atoms with Gasteiger partial charge in [0.15, 0.2) is 5.96 Å². The van der Waals surface area contributed by atoms with E-state index in [0.29, 0.717) is 25.7 Å². The lowest BCUT2D eigenvalue weighted by atomic mass is 10.1. The lowest BCUT2D eigenvalue weighted by Gasteiger charge is -2.21. The van der Waals surface area contributed by atoms with Crippen LogP contribution in [0.2, 0.25) is 0 Å². The van der Waals surface area contributed by atoms with Crippen LogP contribution in [0.1, 0.15) is 12.0 Å². The largest absolute Gasteiger partial charge is 0.383 e. The summed E-state index contributed by atoms with van der Waals surface area (Å²) in [6, 6.07) is 10.2. The van der Waals surface area contributed by atoms with Crippen molar-refractivity contribution in [1.82, 2.24) is 15.5 Å². The minimum absolute atomic E-state index is 0. The number of carbonyl (C=O) groups is 1. The Morgan fingerprint density at radius 2 is 2.07 bits per heavy atom. The van der Waals surface area contributed by atoms with Gasteiger partial charge in [-0.05, 0) is 12.0 Å². The summed E-state index contributed by atoms with van der Waals surface area (Å²) in [6.45, 7) is 4.43. The summed E-state index contributed by atoms with van der Waals surface area (Å²) < 4.78 is 10.8. The smallest absolute Gasteiger partial charge is 0.239 e. The molecular weight excluding hydrogens is 459 g/mol. The molecule has 0 aromatic heterocycles. The Bertz CT molecular complexity index is 571. The van der Waals surface area contributed by atoms with E-state index in [1.165, 1.54) is 5.56 Å². The third kappa shape index (κ3) is 8.89. The summed E-state index contributed by atoms with van der Waals surface area (Å²) in [5.41, 5.74) is 1.19. The van der Waals surface area contributed by atoms with E-state index >= 15 is 0 Å². The second-order valence-electron chi connectivity index (χ2n) is 6.34. The highest BCUT2D eigenvalue weighted by molar-refractivity contribution is 14.0. The van der Waals surface area contributed by atoms with E-state index in [1.54, 1.807) is 14.2 Å². The maximum atomic E-state index is 11.8. The first kappa shape index (κ1) is 23.6. The molecule has 1 amide bonds. The van der Waals surface area contributed by atoms with E-state index in [1.807, 2.05) is 18.2 Å². The van der Waals surface area contributed by atoms with Gasteiger partial charge in [-0.1, -0.05) is 30.3 Å². The predicted octanol–water partition coefficient (Wildman–Crippen LogP) is 1.48. The highest BCUT2D eigenvalue weighted by Gasteiger charge is 2.25. The monoisotopic (exact) mass is 490 g/mol. The van der Waals surface area contributed by atoms with Gasteiger partial charge in [-0.15, -0.1) is 24.0 Å². The van der Waals surface area contributed by atoms with E-state index < -0.39 is 0 Å². The number of nitrogens with zero attached hydrogens (tertiary/aromatic N) is 2. The second kappa shape index (κ2) is 13.7. The SMILES string of the molecule is CN=C(NCC(=O)NCCOC)N1CCC(COCc2ccccc2)C1.I. The number of likely N-dealkylation sites (tertiary alicyclic amines) is 1. The molecule has 1 saturated heterocycles. The number of hydrogen-bond acceptors (Lipinski definition) is 4. The minimum Gasteiger partial charge on any atom is -0.383 e. The van der Waals surface area contributed by atoms with Gasteiger partial charge in [-0.3, -0.25) is 9.79 Å². The van der Waals surface area contributed by atoms with E-state index in [-0.39, 0.29) is 36.4 Å². The lowest BCUT2D eigenvalue weighted by molar-refractivity contribution is -0.120. The molecule has 1 aliphatic heterocycles. The molecule has 2 N–H and O–H groups in total. The van der Waals surface area contributed by atoms with Crippen LogP contribution in [0.5, 0.6) is 0 Å². The van der Waals surface area contributed by atoms with Crippen molar-refractivity contribution in [2.24, 2.45) is 10.9 Å². The highest BCUT2D eigenvalue weighted by atomic mass is 127. The normalized spacial score (nSPS) is 16.7. The fourth-order valence-electron chi connectivity index (χ4n) is 2.93. The first-order valence-corrected chi connectivity index (χ1v) is 9.05. The molecule has 0 radical (unpaired) electrons. The van der Waals surface area contributed by atoms with Crippen LogP contribution < -0.4 is 10.6 Å². The predicted molar refractivity (Wildman–Crippen MR) is 117 cm³/mol. The summed E-state index contributed by atoms with van der Waals surface area (Å²) in [5.74, 6) is 1.18.